The van der Waals surface area contributed by atoms with Gasteiger partial charge in [-0.25, -0.2) is 0 Å². The maximum Gasteiger partial charge on any atom is 0.248 e. The quantitative estimate of drug-likeness (QED) is 0.888. The Hall–Kier alpha value is -2.00. The van der Waals surface area contributed by atoms with Crippen molar-refractivity contribution in [1.29, 1.82) is 0 Å². The van der Waals surface area contributed by atoms with E-state index in [2.05, 4.69) is 5.32 Å². The lowest BCUT2D eigenvalue weighted by Crippen LogP contribution is -2.10. The molecule has 2 rings (SSSR count). The molecule has 92 valence electrons. The maximum atomic E-state index is 10.9. The average molecular weight is 261 g/mol. The Balaban J connectivity index is 2.00. The molecule has 0 aliphatic rings. The Morgan fingerprint density at radius 3 is 2.50 bits per heavy atom. The first-order chi connectivity index (χ1) is 8.65. The van der Waals surface area contributed by atoms with Gasteiger partial charge in [0.2, 0.25) is 5.91 Å². The topological polar surface area (TPSA) is 55.1 Å². The Bertz CT molecular complexity index is 552. The van der Waals surface area contributed by atoms with Crippen LogP contribution in [0, 0.1) is 0 Å². The fraction of sp³-hybridized carbons (Fsp3) is 0.0714. The van der Waals surface area contributed by atoms with Crippen LogP contribution in [0.15, 0.2) is 48.5 Å². The zero-order valence-electron chi connectivity index (χ0n) is 9.69. The van der Waals surface area contributed by atoms with Crippen LogP contribution in [0.5, 0.6) is 0 Å². The monoisotopic (exact) mass is 260 g/mol. The molecule has 0 aliphatic heterocycles. The van der Waals surface area contributed by atoms with E-state index in [9.17, 15) is 4.79 Å². The minimum absolute atomic E-state index is 0.420. The number of benzene rings is 2. The molecular formula is C14H13ClN2O. The van der Waals surface area contributed by atoms with Crippen LogP contribution >= 0.6 is 11.6 Å². The lowest BCUT2D eigenvalue weighted by atomic mass is 10.2. The van der Waals surface area contributed by atoms with Crippen LogP contribution in [0.2, 0.25) is 5.02 Å². The molecule has 4 heteroatoms. The summed E-state index contributed by atoms with van der Waals surface area (Å²) >= 11 is 5.90. The summed E-state index contributed by atoms with van der Waals surface area (Å²) < 4.78 is 0. The lowest BCUT2D eigenvalue weighted by molar-refractivity contribution is 0.100. The number of amides is 1. The number of hydrogen-bond donors (Lipinski definition) is 2. The molecule has 0 unspecified atom stereocenters. The summed E-state index contributed by atoms with van der Waals surface area (Å²) in [6.45, 7) is 0.677. The number of rotatable bonds is 4. The molecule has 3 N–H and O–H groups in total. The molecule has 3 nitrogen and oxygen atoms in total. The predicted molar refractivity (Wildman–Crippen MR) is 73.7 cm³/mol. The first kappa shape index (κ1) is 12.5. The van der Waals surface area contributed by atoms with Crippen LogP contribution in [0.3, 0.4) is 0 Å². The van der Waals surface area contributed by atoms with Gasteiger partial charge in [0.25, 0.3) is 0 Å². The SMILES string of the molecule is NC(=O)c1ccc(NCc2cccc(Cl)c2)cc1. The number of hydrogen-bond acceptors (Lipinski definition) is 2. The summed E-state index contributed by atoms with van der Waals surface area (Å²) in [6, 6.07) is 14.7. The van der Waals surface area contributed by atoms with Gasteiger partial charge in [-0.2, -0.15) is 0 Å². The Morgan fingerprint density at radius 1 is 1.17 bits per heavy atom. The van der Waals surface area contributed by atoms with Gasteiger partial charge in [-0.15, -0.1) is 0 Å². The van der Waals surface area contributed by atoms with Crippen molar-refractivity contribution in [2.45, 2.75) is 6.54 Å². The summed E-state index contributed by atoms with van der Waals surface area (Å²) in [4.78, 5) is 10.9. The minimum Gasteiger partial charge on any atom is -0.381 e. The van der Waals surface area contributed by atoms with Crippen LogP contribution in [0.1, 0.15) is 15.9 Å². The molecule has 0 fully saturated rings. The lowest BCUT2D eigenvalue weighted by Gasteiger charge is -2.07. The van der Waals surface area contributed by atoms with E-state index in [4.69, 9.17) is 17.3 Å². The molecule has 1 amide bonds. The minimum atomic E-state index is -0.420. The van der Waals surface area contributed by atoms with Crippen molar-refractivity contribution in [3.8, 4) is 0 Å². The second-order valence-corrected chi connectivity index (χ2v) is 4.36. The van der Waals surface area contributed by atoms with Crippen LogP contribution in [0.25, 0.3) is 0 Å². The van der Waals surface area contributed by atoms with Crippen molar-refractivity contribution in [2.24, 2.45) is 5.73 Å². The van der Waals surface area contributed by atoms with Crippen molar-refractivity contribution in [3.63, 3.8) is 0 Å². The molecule has 0 saturated carbocycles. The number of carbonyl (C=O) groups is 1. The number of nitrogens with one attached hydrogen (secondary N) is 1. The number of carbonyl (C=O) groups excluding carboxylic acids is 1. The molecule has 2 aromatic rings. The number of primary amides is 1. The van der Waals surface area contributed by atoms with Gasteiger partial charge in [0.15, 0.2) is 0 Å². The van der Waals surface area contributed by atoms with Crippen molar-refractivity contribution in [2.75, 3.05) is 5.32 Å². The van der Waals surface area contributed by atoms with E-state index in [0.717, 1.165) is 16.3 Å². The van der Waals surface area contributed by atoms with Crippen LogP contribution in [-0.2, 0) is 6.54 Å². The average Bonchev–Trinajstić information content (AvgIpc) is 2.37. The zero-order chi connectivity index (χ0) is 13.0. The third-order valence-corrected chi connectivity index (χ3v) is 2.79. The summed E-state index contributed by atoms with van der Waals surface area (Å²) in [5.74, 6) is -0.420. The van der Waals surface area contributed by atoms with Crippen LogP contribution < -0.4 is 11.1 Å². The van der Waals surface area contributed by atoms with Gasteiger partial charge in [0.05, 0.1) is 0 Å². The van der Waals surface area contributed by atoms with Gasteiger partial charge >= 0.3 is 0 Å². The van der Waals surface area contributed by atoms with E-state index in [1.807, 2.05) is 36.4 Å². The first-order valence-corrected chi connectivity index (χ1v) is 5.91. The van der Waals surface area contributed by atoms with Crippen molar-refractivity contribution in [1.82, 2.24) is 0 Å². The molecule has 0 heterocycles. The van der Waals surface area contributed by atoms with Crippen LogP contribution in [0.4, 0.5) is 5.69 Å². The van der Waals surface area contributed by atoms with Crippen molar-refractivity contribution >= 4 is 23.2 Å². The number of halogens is 1. The van der Waals surface area contributed by atoms with E-state index in [1.165, 1.54) is 0 Å². The standard InChI is InChI=1S/C14H13ClN2O/c15-12-3-1-2-10(8-12)9-17-13-6-4-11(5-7-13)14(16)18/h1-8,17H,9H2,(H2,16,18). The molecule has 0 saturated heterocycles. The van der Waals surface area contributed by atoms with E-state index < -0.39 is 5.91 Å². The summed E-state index contributed by atoms with van der Waals surface area (Å²) in [5, 5.41) is 3.96. The van der Waals surface area contributed by atoms with E-state index >= 15 is 0 Å². The highest BCUT2D eigenvalue weighted by molar-refractivity contribution is 6.30. The highest BCUT2D eigenvalue weighted by Crippen LogP contribution is 2.14. The van der Waals surface area contributed by atoms with Gasteiger partial charge in [0, 0.05) is 22.8 Å². The molecule has 0 aliphatic carbocycles. The molecule has 0 bridgehead atoms. The smallest absolute Gasteiger partial charge is 0.248 e. The Labute approximate surface area is 111 Å². The van der Waals surface area contributed by atoms with Crippen molar-refractivity contribution < 1.29 is 4.79 Å². The normalized spacial score (nSPS) is 10.1. The third kappa shape index (κ3) is 3.25. The van der Waals surface area contributed by atoms with Crippen molar-refractivity contribution in [3.05, 3.63) is 64.7 Å². The summed E-state index contributed by atoms with van der Waals surface area (Å²) in [6.07, 6.45) is 0. The highest BCUT2D eigenvalue weighted by Gasteiger charge is 1.99. The molecule has 2 aromatic carbocycles. The fourth-order valence-corrected chi connectivity index (χ4v) is 1.82. The Kier molecular flexibility index (Phi) is 3.85. The highest BCUT2D eigenvalue weighted by atomic mass is 35.5. The molecule has 0 aromatic heterocycles. The van der Waals surface area contributed by atoms with E-state index in [-0.39, 0.29) is 0 Å². The largest absolute Gasteiger partial charge is 0.381 e. The fourth-order valence-electron chi connectivity index (χ4n) is 1.60. The molecule has 0 atom stereocenters. The van der Waals surface area contributed by atoms with E-state index in [1.54, 1.807) is 12.1 Å². The van der Waals surface area contributed by atoms with E-state index in [0.29, 0.717) is 12.1 Å². The van der Waals surface area contributed by atoms with Gasteiger partial charge in [-0.05, 0) is 42.0 Å². The molecule has 0 radical (unpaired) electrons. The predicted octanol–water partition coefficient (Wildman–Crippen LogP) is 3.05. The second kappa shape index (κ2) is 5.56. The first-order valence-electron chi connectivity index (χ1n) is 5.53. The van der Waals surface area contributed by atoms with Crippen LogP contribution in [-0.4, -0.2) is 5.91 Å². The molecule has 18 heavy (non-hydrogen) atoms. The summed E-state index contributed by atoms with van der Waals surface area (Å²) in [5.41, 5.74) is 7.70. The summed E-state index contributed by atoms with van der Waals surface area (Å²) in [7, 11) is 0. The van der Waals surface area contributed by atoms with Gasteiger partial charge in [0.1, 0.15) is 0 Å². The van der Waals surface area contributed by atoms with Gasteiger partial charge in [-0.1, -0.05) is 23.7 Å². The van der Waals surface area contributed by atoms with Gasteiger partial charge in [-0.3, -0.25) is 4.79 Å². The number of nitrogens with two attached hydrogens (primary N) is 1. The molecule has 0 spiro atoms. The third-order valence-electron chi connectivity index (χ3n) is 2.56. The maximum absolute atomic E-state index is 10.9. The zero-order valence-corrected chi connectivity index (χ0v) is 10.4. The molecular weight excluding hydrogens is 248 g/mol. The van der Waals surface area contributed by atoms with Gasteiger partial charge < -0.3 is 11.1 Å². The Morgan fingerprint density at radius 2 is 1.89 bits per heavy atom. The number of anilines is 1. The second-order valence-electron chi connectivity index (χ2n) is 3.93.